The van der Waals surface area contributed by atoms with E-state index in [9.17, 15) is 9.59 Å². The van der Waals surface area contributed by atoms with Crippen LogP contribution in [0.15, 0.2) is 42.5 Å². The molecule has 1 saturated heterocycles. The first-order valence-electron chi connectivity index (χ1n) is 10.5. The SMILES string of the molecule is Cc1cccc(OCCCNC(=O)Nc2cc(C(N)=O)ccc2N2CCCCC2)c1. The Morgan fingerprint density at radius 1 is 1.10 bits per heavy atom. The number of anilines is 2. The molecule has 1 aliphatic rings. The van der Waals surface area contributed by atoms with Crippen LogP contribution in [0.2, 0.25) is 0 Å². The highest BCUT2D eigenvalue weighted by atomic mass is 16.5. The van der Waals surface area contributed by atoms with Gasteiger partial charge in [0.25, 0.3) is 0 Å². The zero-order valence-electron chi connectivity index (χ0n) is 17.4. The van der Waals surface area contributed by atoms with Crippen molar-refractivity contribution >= 4 is 23.3 Å². The lowest BCUT2D eigenvalue weighted by Crippen LogP contribution is -2.33. The van der Waals surface area contributed by atoms with E-state index in [1.54, 1.807) is 12.1 Å². The standard InChI is InChI=1S/C23H30N4O3/c1-17-7-5-8-19(15-17)30-14-6-11-25-23(29)26-20-16-18(22(24)28)9-10-21(20)27-12-3-2-4-13-27/h5,7-10,15-16H,2-4,6,11-14H2,1H3,(H2,24,28)(H2,25,26,29). The summed E-state index contributed by atoms with van der Waals surface area (Å²) in [6.45, 7) is 4.88. The fraction of sp³-hybridized carbons (Fsp3) is 0.391. The minimum absolute atomic E-state index is 0.314. The Hall–Kier alpha value is -3.22. The molecule has 0 radical (unpaired) electrons. The number of rotatable bonds is 8. The molecule has 2 aromatic carbocycles. The molecule has 0 spiro atoms. The van der Waals surface area contributed by atoms with Gasteiger partial charge in [-0.05, 0) is 68.5 Å². The Morgan fingerprint density at radius 3 is 2.63 bits per heavy atom. The molecule has 0 aromatic heterocycles. The monoisotopic (exact) mass is 410 g/mol. The van der Waals surface area contributed by atoms with Crippen molar-refractivity contribution in [3.05, 3.63) is 53.6 Å². The molecule has 7 heteroatoms. The molecule has 1 fully saturated rings. The predicted molar refractivity (Wildman–Crippen MR) is 119 cm³/mol. The number of piperidine rings is 1. The van der Waals surface area contributed by atoms with Crippen molar-refractivity contribution in [2.45, 2.75) is 32.6 Å². The molecule has 0 unspecified atom stereocenters. The highest BCUT2D eigenvalue weighted by Crippen LogP contribution is 2.29. The van der Waals surface area contributed by atoms with Crippen LogP contribution in [0.1, 0.15) is 41.6 Å². The van der Waals surface area contributed by atoms with Gasteiger partial charge in [-0.15, -0.1) is 0 Å². The first kappa shape index (κ1) is 21.5. The highest BCUT2D eigenvalue weighted by Gasteiger charge is 2.17. The van der Waals surface area contributed by atoms with Crippen LogP contribution in [0, 0.1) is 6.92 Å². The van der Waals surface area contributed by atoms with E-state index in [1.165, 1.54) is 6.42 Å². The van der Waals surface area contributed by atoms with Gasteiger partial charge in [-0.25, -0.2) is 4.79 Å². The third kappa shape index (κ3) is 6.14. The maximum atomic E-state index is 12.4. The summed E-state index contributed by atoms with van der Waals surface area (Å²) in [6.07, 6.45) is 4.12. The lowest BCUT2D eigenvalue weighted by molar-refractivity contribution is 0.1000. The average molecular weight is 411 g/mol. The van der Waals surface area contributed by atoms with E-state index in [0.29, 0.717) is 30.8 Å². The normalized spacial score (nSPS) is 13.6. The molecule has 0 saturated carbocycles. The zero-order chi connectivity index (χ0) is 21.3. The molecule has 0 aliphatic carbocycles. The third-order valence-electron chi connectivity index (χ3n) is 5.09. The van der Waals surface area contributed by atoms with Crippen molar-refractivity contribution in [3.63, 3.8) is 0 Å². The Balaban J connectivity index is 1.52. The van der Waals surface area contributed by atoms with Crippen molar-refractivity contribution in [3.8, 4) is 5.75 Å². The maximum absolute atomic E-state index is 12.4. The number of nitrogens with one attached hydrogen (secondary N) is 2. The molecule has 1 aliphatic heterocycles. The van der Waals surface area contributed by atoms with Crippen LogP contribution in [0.25, 0.3) is 0 Å². The van der Waals surface area contributed by atoms with E-state index in [1.807, 2.05) is 37.3 Å². The average Bonchev–Trinajstić information content (AvgIpc) is 2.74. The van der Waals surface area contributed by atoms with Crippen molar-refractivity contribution < 1.29 is 14.3 Å². The Morgan fingerprint density at radius 2 is 1.90 bits per heavy atom. The van der Waals surface area contributed by atoms with Gasteiger partial charge in [0.15, 0.2) is 0 Å². The van der Waals surface area contributed by atoms with Gasteiger partial charge < -0.3 is 26.0 Å². The molecule has 0 atom stereocenters. The number of ether oxygens (including phenoxy) is 1. The molecule has 3 rings (SSSR count). The second-order valence-corrected chi connectivity index (χ2v) is 7.54. The van der Waals surface area contributed by atoms with E-state index in [4.69, 9.17) is 10.5 Å². The number of nitrogens with zero attached hydrogens (tertiary/aromatic N) is 1. The molecule has 1 heterocycles. The van der Waals surface area contributed by atoms with E-state index in [0.717, 1.165) is 42.9 Å². The predicted octanol–water partition coefficient (Wildman–Crippen LogP) is 3.67. The number of carbonyl (C=O) groups excluding carboxylic acids is 2. The molecule has 4 N–H and O–H groups in total. The smallest absolute Gasteiger partial charge is 0.319 e. The van der Waals surface area contributed by atoms with E-state index in [-0.39, 0.29) is 6.03 Å². The second kappa shape index (κ2) is 10.5. The van der Waals surface area contributed by atoms with Crippen molar-refractivity contribution in [2.24, 2.45) is 5.73 Å². The minimum Gasteiger partial charge on any atom is -0.494 e. The lowest BCUT2D eigenvalue weighted by Gasteiger charge is -2.30. The first-order chi connectivity index (χ1) is 14.5. The lowest BCUT2D eigenvalue weighted by atomic mass is 10.1. The number of primary amides is 1. The van der Waals surface area contributed by atoms with Gasteiger partial charge in [-0.3, -0.25) is 4.79 Å². The van der Waals surface area contributed by atoms with Crippen LogP contribution >= 0.6 is 0 Å². The Bertz CT molecular complexity index is 879. The Kier molecular flexibility index (Phi) is 7.54. The van der Waals surface area contributed by atoms with Crippen LogP contribution in [-0.4, -0.2) is 38.2 Å². The van der Waals surface area contributed by atoms with Gasteiger partial charge >= 0.3 is 6.03 Å². The molecule has 0 bridgehead atoms. The first-order valence-corrected chi connectivity index (χ1v) is 10.5. The number of nitrogens with two attached hydrogens (primary N) is 1. The molecular weight excluding hydrogens is 380 g/mol. The molecular formula is C23H30N4O3. The summed E-state index contributed by atoms with van der Waals surface area (Å²) in [6, 6.07) is 12.8. The molecule has 7 nitrogen and oxygen atoms in total. The van der Waals surface area contributed by atoms with Gasteiger partial charge in [0.1, 0.15) is 5.75 Å². The van der Waals surface area contributed by atoms with E-state index in [2.05, 4.69) is 15.5 Å². The number of hydrogen-bond acceptors (Lipinski definition) is 4. The minimum atomic E-state index is -0.517. The highest BCUT2D eigenvalue weighted by molar-refractivity contribution is 5.98. The summed E-state index contributed by atoms with van der Waals surface area (Å²) in [5, 5.41) is 5.72. The molecule has 3 amide bonds. The van der Waals surface area contributed by atoms with Gasteiger partial charge in [0.2, 0.25) is 5.91 Å². The van der Waals surface area contributed by atoms with Crippen LogP contribution in [0.5, 0.6) is 5.75 Å². The number of amides is 3. The van der Waals surface area contributed by atoms with Crippen LogP contribution in [-0.2, 0) is 0 Å². The van der Waals surface area contributed by atoms with Crippen LogP contribution in [0.3, 0.4) is 0 Å². The van der Waals surface area contributed by atoms with E-state index < -0.39 is 5.91 Å². The number of carbonyl (C=O) groups is 2. The molecule has 2 aromatic rings. The van der Waals surface area contributed by atoms with Crippen molar-refractivity contribution in [1.82, 2.24) is 5.32 Å². The summed E-state index contributed by atoms with van der Waals surface area (Å²) in [5.41, 5.74) is 8.45. The number of aryl methyl sites for hydroxylation is 1. The maximum Gasteiger partial charge on any atom is 0.319 e. The summed E-state index contributed by atoms with van der Waals surface area (Å²) in [7, 11) is 0. The van der Waals surface area contributed by atoms with Gasteiger partial charge in [-0.2, -0.15) is 0 Å². The van der Waals surface area contributed by atoms with E-state index >= 15 is 0 Å². The summed E-state index contributed by atoms with van der Waals surface area (Å²) >= 11 is 0. The van der Waals surface area contributed by atoms with Gasteiger partial charge in [0.05, 0.1) is 18.0 Å². The summed E-state index contributed by atoms with van der Waals surface area (Å²) in [5.74, 6) is 0.311. The van der Waals surface area contributed by atoms with Crippen molar-refractivity contribution in [2.75, 3.05) is 36.5 Å². The number of urea groups is 1. The largest absolute Gasteiger partial charge is 0.494 e. The molecule has 160 valence electrons. The second-order valence-electron chi connectivity index (χ2n) is 7.54. The van der Waals surface area contributed by atoms with Gasteiger partial charge in [-0.1, -0.05) is 12.1 Å². The Labute approximate surface area is 177 Å². The van der Waals surface area contributed by atoms with Crippen molar-refractivity contribution in [1.29, 1.82) is 0 Å². The van der Waals surface area contributed by atoms with Gasteiger partial charge in [0, 0.05) is 25.2 Å². The van der Waals surface area contributed by atoms with Crippen LogP contribution < -0.4 is 26.0 Å². The summed E-state index contributed by atoms with van der Waals surface area (Å²) < 4.78 is 5.70. The third-order valence-corrected chi connectivity index (χ3v) is 5.09. The summed E-state index contributed by atoms with van der Waals surface area (Å²) in [4.78, 5) is 26.2. The van der Waals surface area contributed by atoms with Crippen LogP contribution in [0.4, 0.5) is 16.2 Å². The zero-order valence-corrected chi connectivity index (χ0v) is 17.4. The number of hydrogen-bond donors (Lipinski definition) is 3. The topological polar surface area (TPSA) is 96.7 Å². The fourth-order valence-electron chi connectivity index (χ4n) is 3.54. The number of benzene rings is 2. The molecule has 30 heavy (non-hydrogen) atoms. The quantitative estimate of drug-likeness (QED) is 0.579. The fourth-order valence-corrected chi connectivity index (χ4v) is 3.54.